The van der Waals surface area contributed by atoms with Crippen LogP contribution >= 0.6 is 0 Å². The summed E-state index contributed by atoms with van der Waals surface area (Å²) >= 11 is 0. The van der Waals surface area contributed by atoms with Crippen molar-refractivity contribution < 1.29 is 19.1 Å². The van der Waals surface area contributed by atoms with Gasteiger partial charge in [-0.1, -0.05) is 18.2 Å². The van der Waals surface area contributed by atoms with Gasteiger partial charge in [0.2, 0.25) is 5.91 Å². The molecule has 0 bridgehead atoms. The summed E-state index contributed by atoms with van der Waals surface area (Å²) in [7, 11) is 0. The summed E-state index contributed by atoms with van der Waals surface area (Å²) in [6.07, 6.45) is 2.68. The van der Waals surface area contributed by atoms with E-state index in [0.717, 1.165) is 18.6 Å². The molecule has 1 aromatic rings. The Hall–Kier alpha value is -2.24. The summed E-state index contributed by atoms with van der Waals surface area (Å²) in [5.41, 5.74) is 0. The average molecular weight is 332 g/mol. The zero-order valence-electron chi connectivity index (χ0n) is 13.9. The lowest BCUT2D eigenvalue weighted by molar-refractivity contribution is -0.132. The number of para-hydroxylation sites is 1. The molecule has 0 radical (unpaired) electrons. The third-order valence-corrected chi connectivity index (χ3v) is 4.60. The molecule has 2 heterocycles. The molecule has 24 heavy (non-hydrogen) atoms. The zero-order valence-corrected chi connectivity index (χ0v) is 13.9. The van der Waals surface area contributed by atoms with Crippen molar-refractivity contribution in [2.24, 2.45) is 0 Å². The van der Waals surface area contributed by atoms with E-state index in [9.17, 15) is 9.59 Å². The minimum Gasteiger partial charge on any atom is -0.494 e. The number of benzene rings is 1. The second-order valence-corrected chi connectivity index (χ2v) is 6.18. The molecule has 130 valence electrons. The van der Waals surface area contributed by atoms with Crippen LogP contribution in [-0.4, -0.2) is 60.7 Å². The third-order valence-electron chi connectivity index (χ3n) is 4.60. The maximum atomic E-state index is 12.3. The van der Waals surface area contributed by atoms with E-state index in [1.54, 1.807) is 4.90 Å². The number of carbonyl (C=O) groups excluding carboxylic acids is 2. The summed E-state index contributed by atoms with van der Waals surface area (Å²) in [6, 6.07) is 9.85. The smallest absolute Gasteiger partial charge is 0.410 e. The largest absolute Gasteiger partial charge is 0.494 e. The lowest BCUT2D eigenvalue weighted by Crippen LogP contribution is -2.47. The van der Waals surface area contributed by atoms with Gasteiger partial charge in [0.15, 0.2) is 0 Å². The lowest BCUT2D eigenvalue weighted by Gasteiger charge is -2.35. The topological polar surface area (TPSA) is 59.1 Å². The van der Waals surface area contributed by atoms with E-state index in [-0.39, 0.29) is 18.0 Å². The normalized spacial score (nSPS) is 18.6. The van der Waals surface area contributed by atoms with E-state index < -0.39 is 0 Å². The number of rotatable bonds is 6. The van der Waals surface area contributed by atoms with Crippen molar-refractivity contribution >= 4 is 12.0 Å². The highest BCUT2D eigenvalue weighted by atomic mass is 16.6. The Kier molecular flexibility index (Phi) is 5.56. The maximum absolute atomic E-state index is 12.3. The summed E-state index contributed by atoms with van der Waals surface area (Å²) in [5, 5.41) is 0. The van der Waals surface area contributed by atoms with Crippen molar-refractivity contribution in [2.45, 2.75) is 31.7 Å². The molecule has 0 aromatic heterocycles. The Labute approximate surface area is 142 Å². The Balaban J connectivity index is 1.34. The molecule has 6 nitrogen and oxygen atoms in total. The van der Waals surface area contributed by atoms with Crippen LogP contribution in [0.15, 0.2) is 30.3 Å². The molecule has 0 unspecified atom stereocenters. The fraction of sp³-hybridized carbons (Fsp3) is 0.556. The van der Waals surface area contributed by atoms with Gasteiger partial charge in [-0.3, -0.25) is 4.79 Å². The van der Waals surface area contributed by atoms with Gasteiger partial charge in [-0.05, 0) is 31.4 Å². The fourth-order valence-corrected chi connectivity index (χ4v) is 3.25. The molecule has 0 N–H and O–H groups in total. The molecule has 0 saturated carbocycles. The van der Waals surface area contributed by atoms with Crippen LogP contribution in [0.5, 0.6) is 5.75 Å². The Morgan fingerprint density at radius 2 is 1.92 bits per heavy atom. The number of piperidine rings is 1. The first-order chi connectivity index (χ1) is 11.7. The summed E-state index contributed by atoms with van der Waals surface area (Å²) in [4.78, 5) is 27.6. The molecule has 2 saturated heterocycles. The van der Waals surface area contributed by atoms with Crippen LogP contribution in [0.2, 0.25) is 0 Å². The highest BCUT2D eigenvalue weighted by molar-refractivity contribution is 5.76. The Bertz CT molecular complexity index is 555. The molecule has 3 rings (SSSR count). The van der Waals surface area contributed by atoms with Gasteiger partial charge < -0.3 is 19.3 Å². The number of hydrogen-bond acceptors (Lipinski definition) is 4. The SMILES string of the molecule is O=C(CCCOc1ccccc1)N1CCC(N2CCOC2=O)CC1. The van der Waals surface area contributed by atoms with E-state index in [1.807, 2.05) is 35.2 Å². The molecule has 2 aliphatic rings. The highest BCUT2D eigenvalue weighted by Gasteiger charge is 2.33. The first kappa shape index (κ1) is 16.6. The number of nitrogens with zero attached hydrogens (tertiary/aromatic N) is 2. The van der Waals surface area contributed by atoms with E-state index in [1.165, 1.54) is 0 Å². The van der Waals surface area contributed by atoms with Crippen LogP contribution in [0.25, 0.3) is 0 Å². The Morgan fingerprint density at radius 3 is 2.58 bits per heavy atom. The standard InChI is InChI=1S/C18H24N2O4/c21-17(7-4-13-23-16-5-2-1-3-6-16)19-10-8-15(9-11-19)20-12-14-24-18(20)22/h1-3,5-6,15H,4,7-14H2. The van der Waals surface area contributed by atoms with Crippen molar-refractivity contribution in [2.75, 3.05) is 32.8 Å². The monoisotopic (exact) mass is 332 g/mol. The predicted molar refractivity (Wildman–Crippen MR) is 88.8 cm³/mol. The van der Waals surface area contributed by atoms with Crippen LogP contribution in [0.4, 0.5) is 4.79 Å². The van der Waals surface area contributed by atoms with Gasteiger partial charge in [-0.2, -0.15) is 0 Å². The second-order valence-electron chi connectivity index (χ2n) is 6.18. The van der Waals surface area contributed by atoms with Crippen LogP contribution in [0.1, 0.15) is 25.7 Å². The highest BCUT2D eigenvalue weighted by Crippen LogP contribution is 2.20. The van der Waals surface area contributed by atoms with Crippen molar-refractivity contribution in [1.82, 2.24) is 9.80 Å². The number of likely N-dealkylation sites (tertiary alicyclic amines) is 1. The number of amides is 2. The van der Waals surface area contributed by atoms with Gasteiger partial charge >= 0.3 is 6.09 Å². The molecule has 0 aliphatic carbocycles. The van der Waals surface area contributed by atoms with E-state index in [4.69, 9.17) is 9.47 Å². The van der Waals surface area contributed by atoms with E-state index in [0.29, 0.717) is 45.7 Å². The molecular weight excluding hydrogens is 308 g/mol. The lowest BCUT2D eigenvalue weighted by atomic mass is 10.0. The molecular formula is C18H24N2O4. The number of carbonyl (C=O) groups is 2. The zero-order chi connectivity index (χ0) is 16.8. The molecule has 0 spiro atoms. The maximum Gasteiger partial charge on any atom is 0.410 e. The van der Waals surface area contributed by atoms with Gasteiger partial charge in [0.25, 0.3) is 0 Å². The van der Waals surface area contributed by atoms with Crippen LogP contribution in [0, 0.1) is 0 Å². The van der Waals surface area contributed by atoms with Crippen molar-refractivity contribution in [3.05, 3.63) is 30.3 Å². The summed E-state index contributed by atoms with van der Waals surface area (Å²) in [5.74, 6) is 1.01. The van der Waals surface area contributed by atoms with Crippen LogP contribution in [0.3, 0.4) is 0 Å². The van der Waals surface area contributed by atoms with Crippen LogP contribution in [-0.2, 0) is 9.53 Å². The first-order valence-corrected chi connectivity index (χ1v) is 8.63. The fourth-order valence-electron chi connectivity index (χ4n) is 3.25. The van der Waals surface area contributed by atoms with Crippen molar-refractivity contribution in [3.63, 3.8) is 0 Å². The molecule has 2 fully saturated rings. The van der Waals surface area contributed by atoms with Gasteiger partial charge in [0.05, 0.1) is 13.2 Å². The summed E-state index contributed by atoms with van der Waals surface area (Å²) in [6.45, 7) is 3.14. The molecule has 2 amide bonds. The molecule has 6 heteroatoms. The van der Waals surface area contributed by atoms with Crippen molar-refractivity contribution in [3.8, 4) is 5.75 Å². The quantitative estimate of drug-likeness (QED) is 0.750. The Morgan fingerprint density at radius 1 is 1.17 bits per heavy atom. The van der Waals surface area contributed by atoms with Gasteiger partial charge in [-0.15, -0.1) is 0 Å². The van der Waals surface area contributed by atoms with E-state index >= 15 is 0 Å². The molecule has 1 aromatic carbocycles. The third kappa shape index (κ3) is 4.19. The minimum atomic E-state index is -0.210. The van der Waals surface area contributed by atoms with Gasteiger partial charge in [0.1, 0.15) is 12.4 Å². The summed E-state index contributed by atoms with van der Waals surface area (Å²) < 4.78 is 10.6. The minimum absolute atomic E-state index is 0.175. The second kappa shape index (κ2) is 8.04. The number of ether oxygens (including phenoxy) is 2. The number of cyclic esters (lactones) is 1. The van der Waals surface area contributed by atoms with Gasteiger partial charge in [-0.25, -0.2) is 4.79 Å². The van der Waals surface area contributed by atoms with Crippen LogP contribution < -0.4 is 4.74 Å². The molecule has 0 atom stereocenters. The van der Waals surface area contributed by atoms with Crippen molar-refractivity contribution in [1.29, 1.82) is 0 Å². The average Bonchev–Trinajstić information content (AvgIpc) is 3.05. The number of hydrogen-bond donors (Lipinski definition) is 0. The first-order valence-electron chi connectivity index (χ1n) is 8.63. The van der Waals surface area contributed by atoms with E-state index in [2.05, 4.69) is 0 Å². The van der Waals surface area contributed by atoms with Gasteiger partial charge in [0, 0.05) is 25.6 Å². The predicted octanol–water partition coefficient (Wildman–Crippen LogP) is 2.29. The molecule has 2 aliphatic heterocycles.